The fraction of sp³-hybridized carbons (Fsp3) is 0.167. The van der Waals surface area contributed by atoms with E-state index in [0.717, 1.165) is 45.8 Å². The van der Waals surface area contributed by atoms with Crippen molar-refractivity contribution in [1.29, 1.82) is 0 Å². The van der Waals surface area contributed by atoms with Crippen LogP contribution in [0.4, 0.5) is 5.69 Å². The van der Waals surface area contributed by atoms with Crippen LogP contribution in [0.5, 0.6) is 0 Å². The molecule has 0 radical (unpaired) electrons. The average Bonchev–Trinajstić information content (AvgIpc) is 2.80. The predicted octanol–water partition coefficient (Wildman–Crippen LogP) is 4.17. The molecule has 0 aliphatic rings. The Balaban J connectivity index is 2.25. The Bertz CT molecular complexity index is 828. The van der Waals surface area contributed by atoms with Gasteiger partial charge in [-0.1, -0.05) is 36.4 Å². The molecular formula is C18H19N3. The van der Waals surface area contributed by atoms with Crippen molar-refractivity contribution < 1.29 is 0 Å². The molecule has 1 aromatic heterocycles. The molecule has 0 saturated heterocycles. The van der Waals surface area contributed by atoms with Crippen LogP contribution in [0.2, 0.25) is 0 Å². The third-order valence-electron chi connectivity index (χ3n) is 3.62. The van der Waals surface area contributed by atoms with E-state index in [-0.39, 0.29) is 0 Å². The van der Waals surface area contributed by atoms with Gasteiger partial charge >= 0.3 is 0 Å². The Morgan fingerprint density at radius 3 is 2.71 bits per heavy atom. The molecule has 3 heteroatoms. The molecule has 0 saturated carbocycles. The Labute approximate surface area is 124 Å². The maximum absolute atomic E-state index is 6.05. The molecular weight excluding hydrogens is 258 g/mol. The quantitative estimate of drug-likeness (QED) is 0.577. The zero-order valence-corrected chi connectivity index (χ0v) is 12.4. The molecule has 0 atom stereocenters. The fourth-order valence-corrected chi connectivity index (χ4v) is 2.51. The van der Waals surface area contributed by atoms with E-state index < -0.39 is 0 Å². The number of fused-ring (bicyclic) bond motifs is 1. The molecule has 3 nitrogen and oxygen atoms in total. The fourth-order valence-electron chi connectivity index (χ4n) is 2.51. The standard InChI is InChI=1S/C18H19N3/c1-12(2)11-21-17-7-5-4-6-16(17)20-18(21)14-9-8-13(3)15(19)10-14/h4-10H,1,11,19H2,2-3H3. The van der Waals surface area contributed by atoms with Crippen LogP contribution in [-0.4, -0.2) is 9.55 Å². The Kier molecular flexibility index (Phi) is 3.26. The summed E-state index contributed by atoms with van der Waals surface area (Å²) >= 11 is 0. The summed E-state index contributed by atoms with van der Waals surface area (Å²) in [5, 5.41) is 0. The zero-order chi connectivity index (χ0) is 15.0. The molecule has 1 heterocycles. The highest BCUT2D eigenvalue weighted by atomic mass is 15.1. The van der Waals surface area contributed by atoms with Gasteiger partial charge in [-0.25, -0.2) is 4.98 Å². The van der Waals surface area contributed by atoms with E-state index in [4.69, 9.17) is 10.7 Å². The maximum Gasteiger partial charge on any atom is 0.141 e. The second-order valence-electron chi connectivity index (χ2n) is 5.54. The van der Waals surface area contributed by atoms with Gasteiger partial charge < -0.3 is 10.3 Å². The number of benzene rings is 2. The van der Waals surface area contributed by atoms with E-state index in [1.54, 1.807) is 0 Å². The minimum Gasteiger partial charge on any atom is -0.398 e. The highest BCUT2D eigenvalue weighted by Gasteiger charge is 2.12. The number of anilines is 1. The van der Waals surface area contributed by atoms with Crippen molar-refractivity contribution in [3.63, 3.8) is 0 Å². The van der Waals surface area contributed by atoms with Gasteiger partial charge in [0.2, 0.25) is 0 Å². The first-order valence-electron chi connectivity index (χ1n) is 7.02. The number of para-hydroxylation sites is 2. The lowest BCUT2D eigenvalue weighted by molar-refractivity contribution is 0.820. The number of hydrogen-bond donors (Lipinski definition) is 1. The van der Waals surface area contributed by atoms with Gasteiger partial charge in [0, 0.05) is 17.8 Å². The van der Waals surface area contributed by atoms with Gasteiger partial charge in [-0.15, -0.1) is 0 Å². The molecule has 0 bridgehead atoms. The summed E-state index contributed by atoms with van der Waals surface area (Å²) in [6.45, 7) is 8.82. The van der Waals surface area contributed by atoms with E-state index in [0.29, 0.717) is 0 Å². The van der Waals surface area contributed by atoms with Crippen LogP contribution in [0.15, 0.2) is 54.6 Å². The molecule has 0 unspecified atom stereocenters. The molecule has 0 fully saturated rings. The summed E-state index contributed by atoms with van der Waals surface area (Å²) in [5.41, 5.74) is 12.2. The second-order valence-corrected chi connectivity index (χ2v) is 5.54. The molecule has 21 heavy (non-hydrogen) atoms. The molecule has 0 spiro atoms. The lowest BCUT2D eigenvalue weighted by Crippen LogP contribution is -2.02. The van der Waals surface area contributed by atoms with Crippen molar-refractivity contribution in [2.24, 2.45) is 0 Å². The molecule has 106 valence electrons. The Morgan fingerprint density at radius 1 is 1.24 bits per heavy atom. The number of aryl methyl sites for hydroxylation is 1. The number of nitrogens with two attached hydrogens (primary N) is 1. The van der Waals surface area contributed by atoms with Crippen molar-refractivity contribution in [2.75, 3.05) is 5.73 Å². The third-order valence-corrected chi connectivity index (χ3v) is 3.62. The van der Waals surface area contributed by atoms with Gasteiger partial charge in [0.05, 0.1) is 11.0 Å². The van der Waals surface area contributed by atoms with Crippen LogP contribution in [0.25, 0.3) is 22.4 Å². The first-order chi connectivity index (χ1) is 10.1. The lowest BCUT2D eigenvalue weighted by atomic mass is 10.1. The highest BCUT2D eigenvalue weighted by Crippen LogP contribution is 2.27. The molecule has 3 rings (SSSR count). The van der Waals surface area contributed by atoms with Gasteiger partial charge in [0.15, 0.2) is 0 Å². The van der Waals surface area contributed by atoms with Gasteiger partial charge in [-0.3, -0.25) is 0 Å². The first-order valence-corrected chi connectivity index (χ1v) is 7.02. The van der Waals surface area contributed by atoms with E-state index in [1.807, 2.05) is 44.2 Å². The summed E-state index contributed by atoms with van der Waals surface area (Å²) in [6, 6.07) is 14.3. The largest absolute Gasteiger partial charge is 0.398 e. The predicted molar refractivity (Wildman–Crippen MR) is 89.1 cm³/mol. The maximum atomic E-state index is 6.05. The van der Waals surface area contributed by atoms with Gasteiger partial charge in [-0.2, -0.15) is 0 Å². The van der Waals surface area contributed by atoms with E-state index in [2.05, 4.69) is 23.3 Å². The van der Waals surface area contributed by atoms with Gasteiger partial charge in [0.25, 0.3) is 0 Å². The number of aromatic nitrogens is 2. The SMILES string of the molecule is C=C(C)Cn1c(-c2ccc(C)c(N)c2)nc2ccccc21. The van der Waals surface area contributed by atoms with Gasteiger partial charge in [-0.05, 0) is 37.6 Å². The number of allylic oxidation sites excluding steroid dienone is 1. The normalized spacial score (nSPS) is 11.0. The van der Waals surface area contributed by atoms with Crippen molar-refractivity contribution in [2.45, 2.75) is 20.4 Å². The van der Waals surface area contributed by atoms with Crippen LogP contribution in [0, 0.1) is 6.92 Å². The summed E-state index contributed by atoms with van der Waals surface area (Å²) in [6.07, 6.45) is 0. The van der Waals surface area contributed by atoms with Crippen LogP contribution >= 0.6 is 0 Å². The molecule has 0 aliphatic carbocycles. The highest BCUT2D eigenvalue weighted by molar-refractivity contribution is 5.81. The van der Waals surface area contributed by atoms with Crippen molar-refractivity contribution in [3.05, 3.63) is 60.2 Å². The van der Waals surface area contributed by atoms with Crippen LogP contribution in [0.3, 0.4) is 0 Å². The third kappa shape index (κ3) is 2.42. The van der Waals surface area contributed by atoms with Crippen LogP contribution in [0.1, 0.15) is 12.5 Å². The van der Waals surface area contributed by atoms with Crippen molar-refractivity contribution in [3.8, 4) is 11.4 Å². The summed E-state index contributed by atoms with van der Waals surface area (Å²) in [5.74, 6) is 0.936. The smallest absolute Gasteiger partial charge is 0.141 e. The summed E-state index contributed by atoms with van der Waals surface area (Å²) in [4.78, 5) is 4.77. The number of hydrogen-bond acceptors (Lipinski definition) is 2. The minimum atomic E-state index is 0.754. The topological polar surface area (TPSA) is 43.8 Å². The minimum absolute atomic E-state index is 0.754. The van der Waals surface area contributed by atoms with Gasteiger partial charge in [0.1, 0.15) is 5.82 Å². The molecule has 0 amide bonds. The Morgan fingerprint density at radius 2 is 2.00 bits per heavy atom. The molecule has 2 N–H and O–H groups in total. The first kappa shape index (κ1) is 13.4. The van der Waals surface area contributed by atoms with E-state index in [9.17, 15) is 0 Å². The second kappa shape index (κ2) is 5.09. The molecule has 2 aromatic carbocycles. The molecule has 0 aliphatic heterocycles. The molecule has 3 aromatic rings. The average molecular weight is 277 g/mol. The zero-order valence-electron chi connectivity index (χ0n) is 12.4. The van der Waals surface area contributed by atoms with Crippen LogP contribution < -0.4 is 5.73 Å². The van der Waals surface area contributed by atoms with Crippen molar-refractivity contribution >= 4 is 16.7 Å². The number of nitrogens with zero attached hydrogens (tertiary/aromatic N) is 2. The number of rotatable bonds is 3. The Hall–Kier alpha value is -2.55. The van der Waals surface area contributed by atoms with E-state index >= 15 is 0 Å². The summed E-state index contributed by atoms with van der Waals surface area (Å²) in [7, 11) is 0. The van der Waals surface area contributed by atoms with Crippen LogP contribution in [-0.2, 0) is 6.54 Å². The van der Waals surface area contributed by atoms with Crippen molar-refractivity contribution in [1.82, 2.24) is 9.55 Å². The summed E-state index contributed by atoms with van der Waals surface area (Å²) < 4.78 is 2.20. The van der Waals surface area contributed by atoms with E-state index in [1.165, 1.54) is 0 Å². The number of imidazole rings is 1. The lowest BCUT2D eigenvalue weighted by Gasteiger charge is -2.10. The monoisotopic (exact) mass is 277 g/mol. The number of nitrogen functional groups attached to an aromatic ring is 1.